The van der Waals surface area contributed by atoms with E-state index in [0.717, 1.165) is 16.9 Å². The third-order valence-corrected chi connectivity index (χ3v) is 3.07. The molecule has 2 N–H and O–H groups in total. The van der Waals surface area contributed by atoms with Crippen LogP contribution in [0.4, 0.5) is 4.39 Å². The Labute approximate surface area is 113 Å². The van der Waals surface area contributed by atoms with E-state index in [0.29, 0.717) is 5.56 Å². The van der Waals surface area contributed by atoms with E-state index in [1.54, 1.807) is 18.2 Å². The van der Waals surface area contributed by atoms with E-state index >= 15 is 0 Å². The van der Waals surface area contributed by atoms with Gasteiger partial charge in [0.2, 0.25) is 0 Å². The number of benzene rings is 2. The van der Waals surface area contributed by atoms with Crippen molar-refractivity contribution < 1.29 is 9.13 Å². The van der Waals surface area contributed by atoms with Crippen LogP contribution in [0.3, 0.4) is 0 Å². The highest BCUT2D eigenvalue weighted by molar-refractivity contribution is 5.37. The topological polar surface area (TPSA) is 35.2 Å². The lowest BCUT2D eigenvalue weighted by molar-refractivity contribution is 0.297. The molecule has 0 radical (unpaired) electrons. The number of halogens is 1. The first-order valence-electron chi connectivity index (χ1n) is 6.30. The predicted molar refractivity (Wildman–Crippen MR) is 74.5 cm³/mol. The van der Waals surface area contributed by atoms with E-state index in [1.165, 1.54) is 6.07 Å². The van der Waals surface area contributed by atoms with Crippen LogP contribution < -0.4 is 10.5 Å². The van der Waals surface area contributed by atoms with Crippen molar-refractivity contribution in [2.75, 3.05) is 0 Å². The maximum atomic E-state index is 13.5. The minimum Gasteiger partial charge on any atom is -0.489 e. The van der Waals surface area contributed by atoms with Gasteiger partial charge in [0.1, 0.15) is 18.2 Å². The average molecular weight is 259 g/mol. The molecule has 0 aliphatic heterocycles. The van der Waals surface area contributed by atoms with Gasteiger partial charge >= 0.3 is 0 Å². The normalized spacial score (nSPS) is 12.2. The highest BCUT2D eigenvalue weighted by Gasteiger charge is 2.06. The van der Waals surface area contributed by atoms with E-state index in [2.05, 4.69) is 0 Å². The predicted octanol–water partition coefficient (Wildman–Crippen LogP) is 3.73. The minimum atomic E-state index is -0.243. The molecule has 0 spiro atoms. The highest BCUT2D eigenvalue weighted by atomic mass is 19.1. The van der Waals surface area contributed by atoms with Gasteiger partial charge in [-0.1, -0.05) is 30.3 Å². The number of rotatable bonds is 4. The maximum absolute atomic E-state index is 13.5. The third kappa shape index (κ3) is 3.32. The van der Waals surface area contributed by atoms with Crippen LogP contribution in [0.2, 0.25) is 0 Å². The molecule has 2 aromatic rings. The molecule has 0 bridgehead atoms. The van der Waals surface area contributed by atoms with Crippen LogP contribution in [0, 0.1) is 12.7 Å². The molecule has 0 fully saturated rings. The maximum Gasteiger partial charge on any atom is 0.129 e. The van der Waals surface area contributed by atoms with Crippen molar-refractivity contribution in [3.63, 3.8) is 0 Å². The molecular weight excluding hydrogens is 241 g/mol. The molecule has 0 saturated heterocycles. The van der Waals surface area contributed by atoms with Crippen LogP contribution in [-0.2, 0) is 6.61 Å². The van der Waals surface area contributed by atoms with Gasteiger partial charge in [0.05, 0.1) is 0 Å². The molecule has 0 heterocycles. The first-order chi connectivity index (χ1) is 9.08. The number of hydrogen-bond donors (Lipinski definition) is 1. The second-order valence-corrected chi connectivity index (χ2v) is 4.69. The summed E-state index contributed by atoms with van der Waals surface area (Å²) in [5.41, 5.74) is 8.45. The van der Waals surface area contributed by atoms with Gasteiger partial charge in [-0.2, -0.15) is 0 Å². The minimum absolute atomic E-state index is 0.000632. The zero-order chi connectivity index (χ0) is 13.8. The summed E-state index contributed by atoms with van der Waals surface area (Å²) >= 11 is 0. The van der Waals surface area contributed by atoms with Crippen molar-refractivity contribution in [1.29, 1.82) is 0 Å². The van der Waals surface area contributed by atoms with Gasteiger partial charge in [-0.3, -0.25) is 0 Å². The lowest BCUT2D eigenvalue weighted by Crippen LogP contribution is -2.06. The molecule has 0 unspecified atom stereocenters. The fourth-order valence-electron chi connectivity index (χ4n) is 1.89. The van der Waals surface area contributed by atoms with Crippen molar-refractivity contribution >= 4 is 0 Å². The largest absolute Gasteiger partial charge is 0.489 e. The van der Waals surface area contributed by atoms with E-state index in [-0.39, 0.29) is 18.5 Å². The van der Waals surface area contributed by atoms with E-state index in [1.807, 2.05) is 32.0 Å². The summed E-state index contributed by atoms with van der Waals surface area (Å²) in [4.78, 5) is 0. The molecule has 100 valence electrons. The first kappa shape index (κ1) is 13.6. The second kappa shape index (κ2) is 5.85. The second-order valence-electron chi connectivity index (χ2n) is 4.69. The molecule has 3 heteroatoms. The molecule has 0 aliphatic rings. The molecular formula is C16H18FNO. The Morgan fingerprint density at radius 2 is 1.95 bits per heavy atom. The molecule has 0 aromatic heterocycles. The Balaban J connectivity index is 2.10. The quantitative estimate of drug-likeness (QED) is 0.908. The van der Waals surface area contributed by atoms with E-state index in [9.17, 15) is 4.39 Å². The molecule has 2 aromatic carbocycles. The van der Waals surface area contributed by atoms with Crippen molar-refractivity contribution in [3.05, 3.63) is 65.0 Å². The summed E-state index contributed by atoms with van der Waals surface area (Å²) in [6, 6.07) is 12.4. The number of hydrogen-bond acceptors (Lipinski definition) is 2. The van der Waals surface area contributed by atoms with E-state index < -0.39 is 0 Å². The molecule has 2 nitrogen and oxygen atoms in total. The molecule has 0 saturated carbocycles. The van der Waals surface area contributed by atoms with Gasteiger partial charge in [0.25, 0.3) is 0 Å². The summed E-state index contributed by atoms with van der Waals surface area (Å²) in [6.45, 7) is 4.13. The molecule has 2 rings (SSSR count). The highest BCUT2D eigenvalue weighted by Crippen LogP contribution is 2.23. The molecule has 0 aliphatic carbocycles. The Hall–Kier alpha value is -1.87. The summed E-state index contributed by atoms with van der Waals surface area (Å²) in [5.74, 6) is 0.514. The summed E-state index contributed by atoms with van der Waals surface area (Å²) in [5, 5.41) is 0. The zero-order valence-electron chi connectivity index (χ0n) is 11.2. The monoisotopic (exact) mass is 259 g/mol. The van der Waals surface area contributed by atoms with Crippen LogP contribution in [0.1, 0.15) is 29.7 Å². The average Bonchev–Trinajstić information content (AvgIpc) is 2.39. The number of nitrogens with two attached hydrogens (primary N) is 1. The zero-order valence-corrected chi connectivity index (χ0v) is 11.2. The Bertz CT molecular complexity index is 566. The Morgan fingerprint density at radius 1 is 1.21 bits per heavy atom. The van der Waals surface area contributed by atoms with Gasteiger partial charge in [0, 0.05) is 11.6 Å². The van der Waals surface area contributed by atoms with Gasteiger partial charge < -0.3 is 10.5 Å². The van der Waals surface area contributed by atoms with Crippen molar-refractivity contribution in [2.24, 2.45) is 5.73 Å². The fourth-order valence-corrected chi connectivity index (χ4v) is 1.89. The summed E-state index contributed by atoms with van der Waals surface area (Å²) < 4.78 is 19.1. The van der Waals surface area contributed by atoms with Crippen LogP contribution in [0.25, 0.3) is 0 Å². The van der Waals surface area contributed by atoms with Gasteiger partial charge in [-0.15, -0.1) is 0 Å². The van der Waals surface area contributed by atoms with Crippen LogP contribution in [0.15, 0.2) is 42.5 Å². The fraction of sp³-hybridized carbons (Fsp3) is 0.250. The van der Waals surface area contributed by atoms with Crippen molar-refractivity contribution in [2.45, 2.75) is 26.5 Å². The van der Waals surface area contributed by atoms with Gasteiger partial charge in [-0.25, -0.2) is 4.39 Å². The molecule has 0 amide bonds. The van der Waals surface area contributed by atoms with Gasteiger partial charge in [0.15, 0.2) is 0 Å². The number of ether oxygens (including phenoxy) is 1. The van der Waals surface area contributed by atoms with Crippen LogP contribution in [0.5, 0.6) is 5.75 Å². The first-order valence-corrected chi connectivity index (χ1v) is 6.30. The van der Waals surface area contributed by atoms with Crippen molar-refractivity contribution in [1.82, 2.24) is 0 Å². The van der Waals surface area contributed by atoms with Gasteiger partial charge in [-0.05, 0) is 37.1 Å². The lowest BCUT2D eigenvalue weighted by atomic mass is 10.1. The van der Waals surface area contributed by atoms with Crippen LogP contribution >= 0.6 is 0 Å². The Kier molecular flexibility index (Phi) is 4.17. The third-order valence-electron chi connectivity index (χ3n) is 3.07. The molecule has 1 atom stereocenters. The molecule has 19 heavy (non-hydrogen) atoms. The SMILES string of the molecule is Cc1cc([C@H](C)N)ccc1OCc1ccccc1F. The smallest absolute Gasteiger partial charge is 0.129 e. The number of aryl methyl sites for hydroxylation is 1. The van der Waals surface area contributed by atoms with E-state index in [4.69, 9.17) is 10.5 Å². The summed E-state index contributed by atoms with van der Waals surface area (Å²) in [6.07, 6.45) is 0. The van der Waals surface area contributed by atoms with Crippen LogP contribution in [-0.4, -0.2) is 0 Å². The lowest BCUT2D eigenvalue weighted by Gasteiger charge is -2.12. The standard InChI is InChI=1S/C16H18FNO/c1-11-9-13(12(2)18)7-8-16(11)19-10-14-5-3-4-6-15(14)17/h3-9,12H,10,18H2,1-2H3/t12-/m0/s1. The summed E-state index contributed by atoms with van der Waals surface area (Å²) in [7, 11) is 0. The Morgan fingerprint density at radius 3 is 2.58 bits per heavy atom. The van der Waals surface area contributed by atoms with Crippen molar-refractivity contribution in [3.8, 4) is 5.75 Å².